The van der Waals surface area contributed by atoms with Gasteiger partial charge in [-0.2, -0.15) is 0 Å². The van der Waals surface area contributed by atoms with Gasteiger partial charge in [-0.25, -0.2) is 0 Å². The number of likely N-dealkylation sites (tertiary alicyclic amines) is 1. The van der Waals surface area contributed by atoms with E-state index in [-0.39, 0.29) is 23.4 Å². The van der Waals surface area contributed by atoms with Gasteiger partial charge in [-0.3, -0.25) is 9.59 Å². The summed E-state index contributed by atoms with van der Waals surface area (Å²) in [6.45, 7) is 7.88. The maximum absolute atomic E-state index is 12.6. The van der Waals surface area contributed by atoms with Crippen LogP contribution in [-0.2, 0) is 0 Å². The van der Waals surface area contributed by atoms with Crippen molar-refractivity contribution in [1.29, 1.82) is 0 Å². The lowest BCUT2D eigenvalue weighted by Crippen LogP contribution is -2.44. The van der Waals surface area contributed by atoms with Crippen LogP contribution in [0.15, 0.2) is 24.3 Å². The van der Waals surface area contributed by atoms with Gasteiger partial charge in [0.2, 0.25) is 0 Å². The molecule has 0 radical (unpaired) electrons. The van der Waals surface area contributed by atoms with Gasteiger partial charge >= 0.3 is 0 Å². The van der Waals surface area contributed by atoms with E-state index in [4.69, 9.17) is 0 Å². The fraction of sp³-hybridized carbons (Fsp3) is 0.579. The first-order valence-electron chi connectivity index (χ1n) is 8.55. The number of carbonyl (C=O) groups is 2. The summed E-state index contributed by atoms with van der Waals surface area (Å²) >= 11 is 0. The number of benzene rings is 1. The van der Waals surface area contributed by atoms with E-state index in [1.165, 1.54) is 0 Å². The van der Waals surface area contributed by atoms with Gasteiger partial charge in [0.1, 0.15) is 0 Å². The van der Waals surface area contributed by atoms with Crippen molar-refractivity contribution in [2.24, 2.45) is 0 Å². The lowest BCUT2D eigenvalue weighted by Gasteiger charge is -2.35. The van der Waals surface area contributed by atoms with Gasteiger partial charge in [0.15, 0.2) is 0 Å². The molecule has 0 unspecified atom stereocenters. The average molecular weight is 331 g/mol. The Bertz CT molecular complexity index is 582. The number of amides is 2. The number of rotatable bonds is 3. The Kier molecular flexibility index (Phi) is 5.65. The number of hydrogen-bond acceptors (Lipinski definition) is 3. The molecule has 0 saturated carbocycles. The SMILES string of the molecule is CN1CCC(N(C)C(=O)c2ccc(C(=O)NC(C)(C)C)cc2)CC1. The van der Waals surface area contributed by atoms with Gasteiger partial charge in [-0.05, 0) is 78.0 Å². The zero-order valence-corrected chi connectivity index (χ0v) is 15.4. The summed E-state index contributed by atoms with van der Waals surface area (Å²) in [5.74, 6) is -0.0995. The Balaban J connectivity index is 2.01. The maximum atomic E-state index is 12.6. The lowest BCUT2D eigenvalue weighted by molar-refractivity contribution is 0.0659. The standard InChI is InChI=1S/C19H29N3O2/c1-19(2,3)20-17(23)14-6-8-15(9-7-14)18(24)22(5)16-10-12-21(4)13-11-16/h6-9,16H,10-13H2,1-5H3,(H,20,23). The van der Waals surface area contributed by atoms with E-state index in [0.29, 0.717) is 11.1 Å². The minimum Gasteiger partial charge on any atom is -0.347 e. The first-order valence-corrected chi connectivity index (χ1v) is 8.55. The first-order chi connectivity index (χ1) is 11.2. The second-order valence-electron chi connectivity index (χ2n) is 7.73. The summed E-state index contributed by atoms with van der Waals surface area (Å²) in [7, 11) is 3.98. The summed E-state index contributed by atoms with van der Waals surface area (Å²) in [6, 6.07) is 7.21. The molecule has 1 heterocycles. The second-order valence-corrected chi connectivity index (χ2v) is 7.73. The van der Waals surface area contributed by atoms with Gasteiger partial charge in [-0.1, -0.05) is 0 Å². The van der Waals surface area contributed by atoms with Crippen LogP contribution >= 0.6 is 0 Å². The Hall–Kier alpha value is -1.88. The summed E-state index contributed by atoms with van der Waals surface area (Å²) in [5.41, 5.74) is 0.923. The van der Waals surface area contributed by atoms with Crippen molar-refractivity contribution in [1.82, 2.24) is 15.1 Å². The van der Waals surface area contributed by atoms with Crippen LogP contribution in [0.1, 0.15) is 54.3 Å². The van der Waals surface area contributed by atoms with Gasteiger partial charge in [0.05, 0.1) is 0 Å². The molecule has 5 heteroatoms. The molecule has 5 nitrogen and oxygen atoms in total. The molecular weight excluding hydrogens is 302 g/mol. The summed E-state index contributed by atoms with van der Waals surface area (Å²) < 4.78 is 0. The predicted octanol–water partition coefficient (Wildman–Crippen LogP) is 2.38. The van der Waals surface area contributed by atoms with Crippen LogP contribution in [0.25, 0.3) is 0 Å². The molecular formula is C19H29N3O2. The molecule has 24 heavy (non-hydrogen) atoms. The molecule has 0 aromatic heterocycles. The van der Waals surface area contributed by atoms with E-state index in [1.807, 2.05) is 32.7 Å². The molecule has 1 aliphatic heterocycles. The van der Waals surface area contributed by atoms with Crippen molar-refractivity contribution in [3.63, 3.8) is 0 Å². The Morgan fingerprint density at radius 2 is 1.58 bits per heavy atom. The summed E-state index contributed by atoms with van der Waals surface area (Å²) in [5, 5.41) is 2.92. The fourth-order valence-corrected chi connectivity index (χ4v) is 2.93. The van der Waals surface area contributed by atoms with Crippen molar-refractivity contribution >= 4 is 11.8 Å². The molecule has 1 aromatic rings. The van der Waals surface area contributed by atoms with E-state index < -0.39 is 0 Å². The molecule has 1 N–H and O–H groups in total. The maximum Gasteiger partial charge on any atom is 0.253 e. The van der Waals surface area contributed by atoms with Crippen molar-refractivity contribution < 1.29 is 9.59 Å². The number of nitrogens with one attached hydrogen (secondary N) is 1. The Morgan fingerprint density at radius 1 is 1.08 bits per heavy atom. The molecule has 0 atom stereocenters. The molecule has 0 spiro atoms. The Labute approximate surface area is 145 Å². The molecule has 2 amide bonds. The second kappa shape index (κ2) is 7.34. The van der Waals surface area contributed by atoms with Crippen LogP contribution in [-0.4, -0.2) is 60.4 Å². The molecule has 1 fully saturated rings. The Morgan fingerprint density at radius 3 is 2.08 bits per heavy atom. The average Bonchev–Trinajstić information content (AvgIpc) is 2.53. The molecule has 1 saturated heterocycles. The van der Waals surface area contributed by atoms with Crippen LogP contribution in [0.5, 0.6) is 0 Å². The zero-order chi connectivity index (χ0) is 17.9. The number of piperidine rings is 1. The van der Waals surface area contributed by atoms with Crippen LogP contribution in [0.4, 0.5) is 0 Å². The third-order valence-electron chi connectivity index (χ3n) is 4.44. The van der Waals surface area contributed by atoms with Gasteiger partial charge in [0.25, 0.3) is 11.8 Å². The van der Waals surface area contributed by atoms with E-state index in [9.17, 15) is 9.59 Å². The van der Waals surface area contributed by atoms with Crippen molar-refractivity contribution in [2.45, 2.75) is 45.2 Å². The van der Waals surface area contributed by atoms with Crippen LogP contribution < -0.4 is 5.32 Å². The highest BCUT2D eigenvalue weighted by atomic mass is 16.2. The summed E-state index contributed by atoms with van der Waals surface area (Å²) in [4.78, 5) is 28.9. The van der Waals surface area contributed by atoms with Crippen molar-refractivity contribution in [2.75, 3.05) is 27.2 Å². The fourth-order valence-electron chi connectivity index (χ4n) is 2.93. The van der Waals surface area contributed by atoms with Gasteiger partial charge in [-0.15, -0.1) is 0 Å². The van der Waals surface area contributed by atoms with Crippen LogP contribution in [0, 0.1) is 0 Å². The monoisotopic (exact) mass is 331 g/mol. The largest absolute Gasteiger partial charge is 0.347 e. The number of carbonyl (C=O) groups excluding carboxylic acids is 2. The molecule has 132 valence electrons. The smallest absolute Gasteiger partial charge is 0.253 e. The predicted molar refractivity (Wildman–Crippen MR) is 96.3 cm³/mol. The minimum absolute atomic E-state index is 0.0207. The molecule has 2 rings (SSSR count). The van der Waals surface area contributed by atoms with Crippen LogP contribution in [0.2, 0.25) is 0 Å². The highest BCUT2D eigenvalue weighted by Crippen LogP contribution is 2.17. The highest BCUT2D eigenvalue weighted by Gasteiger charge is 2.25. The highest BCUT2D eigenvalue weighted by molar-refractivity contribution is 5.98. The molecule has 0 aliphatic carbocycles. The van der Waals surface area contributed by atoms with E-state index in [0.717, 1.165) is 25.9 Å². The van der Waals surface area contributed by atoms with Crippen molar-refractivity contribution in [3.8, 4) is 0 Å². The quantitative estimate of drug-likeness (QED) is 0.925. The molecule has 0 bridgehead atoms. The normalized spacial score (nSPS) is 16.7. The van der Waals surface area contributed by atoms with E-state index in [1.54, 1.807) is 24.3 Å². The first kappa shape index (κ1) is 18.5. The van der Waals surface area contributed by atoms with E-state index in [2.05, 4.69) is 17.3 Å². The minimum atomic E-state index is -0.278. The molecule has 1 aliphatic rings. The zero-order valence-electron chi connectivity index (χ0n) is 15.4. The third kappa shape index (κ3) is 4.81. The number of nitrogens with zero attached hydrogens (tertiary/aromatic N) is 2. The van der Waals surface area contributed by atoms with Gasteiger partial charge in [0, 0.05) is 29.8 Å². The third-order valence-corrected chi connectivity index (χ3v) is 4.44. The topological polar surface area (TPSA) is 52.7 Å². The van der Waals surface area contributed by atoms with Crippen molar-refractivity contribution in [3.05, 3.63) is 35.4 Å². The number of hydrogen-bond donors (Lipinski definition) is 1. The van der Waals surface area contributed by atoms with E-state index >= 15 is 0 Å². The van der Waals surface area contributed by atoms with Gasteiger partial charge < -0.3 is 15.1 Å². The van der Waals surface area contributed by atoms with Crippen LogP contribution in [0.3, 0.4) is 0 Å². The molecule has 1 aromatic carbocycles. The lowest BCUT2D eigenvalue weighted by atomic mass is 10.0. The summed E-state index contributed by atoms with van der Waals surface area (Å²) in [6.07, 6.45) is 2.01.